The zero-order chi connectivity index (χ0) is 11.4. The van der Waals surface area contributed by atoms with Gasteiger partial charge in [0.25, 0.3) is 0 Å². The lowest BCUT2D eigenvalue weighted by molar-refractivity contribution is -0.138. The summed E-state index contributed by atoms with van der Waals surface area (Å²) < 4.78 is 5.32. The summed E-state index contributed by atoms with van der Waals surface area (Å²) in [5.41, 5.74) is 0. The van der Waals surface area contributed by atoms with E-state index in [-0.39, 0.29) is 11.9 Å². The number of morpholine rings is 1. The van der Waals surface area contributed by atoms with Gasteiger partial charge in [-0.25, -0.2) is 0 Å². The van der Waals surface area contributed by atoms with Crippen molar-refractivity contribution in [3.8, 4) is 0 Å². The molecule has 5 heteroatoms. The van der Waals surface area contributed by atoms with E-state index < -0.39 is 0 Å². The Morgan fingerprint density at radius 1 is 1.38 bits per heavy atom. The fourth-order valence-corrected chi connectivity index (χ4v) is 2.23. The van der Waals surface area contributed by atoms with E-state index >= 15 is 0 Å². The molecule has 1 N–H and O–H groups in total. The van der Waals surface area contributed by atoms with Gasteiger partial charge in [0.15, 0.2) is 0 Å². The van der Waals surface area contributed by atoms with Crippen LogP contribution in [0.1, 0.15) is 6.92 Å². The molecule has 5 nitrogen and oxygen atoms in total. The molecule has 0 aromatic carbocycles. The summed E-state index contributed by atoms with van der Waals surface area (Å²) >= 11 is 0. The number of ether oxygens (including phenoxy) is 1. The Hall–Kier alpha value is -0.650. The molecule has 0 saturated carbocycles. The second-order valence-electron chi connectivity index (χ2n) is 4.34. The molecule has 1 atom stereocenters. The first-order chi connectivity index (χ1) is 7.81. The Kier molecular flexibility index (Phi) is 4.15. The van der Waals surface area contributed by atoms with Gasteiger partial charge in [-0.1, -0.05) is 6.92 Å². The predicted octanol–water partition coefficient (Wildman–Crippen LogP) is -0.861. The lowest BCUT2D eigenvalue weighted by Gasteiger charge is -2.36. The fourth-order valence-electron chi connectivity index (χ4n) is 2.23. The molecule has 0 bridgehead atoms. The van der Waals surface area contributed by atoms with Crippen molar-refractivity contribution in [2.75, 3.05) is 52.5 Å². The van der Waals surface area contributed by atoms with Gasteiger partial charge in [0.1, 0.15) is 6.04 Å². The SMILES string of the molecule is CCN1CCN(C(=O)C2COCCN2)CC1. The van der Waals surface area contributed by atoms with Crippen LogP contribution in [0.3, 0.4) is 0 Å². The molecule has 2 fully saturated rings. The minimum absolute atomic E-state index is 0.123. The largest absolute Gasteiger partial charge is 0.378 e. The molecular weight excluding hydrogens is 206 g/mol. The van der Waals surface area contributed by atoms with Crippen molar-refractivity contribution < 1.29 is 9.53 Å². The average Bonchev–Trinajstić information content (AvgIpc) is 2.39. The van der Waals surface area contributed by atoms with Gasteiger partial charge in [0, 0.05) is 32.7 Å². The lowest BCUT2D eigenvalue weighted by Crippen LogP contribution is -2.57. The quantitative estimate of drug-likeness (QED) is 0.667. The second-order valence-corrected chi connectivity index (χ2v) is 4.34. The summed E-state index contributed by atoms with van der Waals surface area (Å²) in [6, 6.07) is -0.123. The molecule has 2 heterocycles. The maximum Gasteiger partial charge on any atom is 0.242 e. The molecule has 1 unspecified atom stereocenters. The van der Waals surface area contributed by atoms with Crippen LogP contribution < -0.4 is 5.32 Å². The molecule has 0 radical (unpaired) electrons. The number of amides is 1. The smallest absolute Gasteiger partial charge is 0.242 e. The van der Waals surface area contributed by atoms with E-state index in [2.05, 4.69) is 17.1 Å². The third kappa shape index (κ3) is 2.72. The minimum atomic E-state index is -0.123. The molecule has 2 aliphatic rings. The van der Waals surface area contributed by atoms with Gasteiger partial charge in [0.05, 0.1) is 13.2 Å². The molecule has 0 spiro atoms. The van der Waals surface area contributed by atoms with E-state index in [4.69, 9.17) is 4.74 Å². The number of piperazine rings is 1. The Morgan fingerprint density at radius 3 is 2.69 bits per heavy atom. The van der Waals surface area contributed by atoms with Crippen LogP contribution in [-0.2, 0) is 9.53 Å². The number of carbonyl (C=O) groups is 1. The van der Waals surface area contributed by atoms with Crippen LogP contribution in [0.15, 0.2) is 0 Å². The van der Waals surface area contributed by atoms with Gasteiger partial charge in [-0.05, 0) is 6.54 Å². The monoisotopic (exact) mass is 227 g/mol. The molecule has 0 aliphatic carbocycles. The Balaban J connectivity index is 1.81. The first-order valence-corrected chi connectivity index (χ1v) is 6.13. The van der Waals surface area contributed by atoms with Crippen LogP contribution >= 0.6 is 0 Å². The summed E-state index contributed by atoms with van der Waals surface area (Å²) in [4.78, 5) is 16.4. The second kappa shape index (κ2) is 5.61. The first-order valence-electron chi connectivity index (χ1n) is 6.13. The van der Waals surface area contributed by atoms with Crippen LogP contribution in [0.25, 0.3) is 0 Å². The lowest BCUT2D eigenvalue weighted by atomic mass is 10.2. The highest BCUT2D eigenvalue weighted by Gasteiger charge is 2.28. The van der Waals surface area contributed by atoms with Gasteiger partial charge < -0.3 is 19.9 Å². The van der Waals surface area contributed by atoms with E-state index in [0.29, 0.717) is 13.2 Å². The number of rotatable bonds is 2. The fraction of sp³-hybridized carbons (Fsp3) is 0.909. The predicted molar refractivity (Wildman–Crippen MR) is 61.3 cm³/mol. The molecule has 2 rings (SSSR count). The van der Waals surface area contributed by atoms with Crippen molar-refractivity contribution in [1.82, 2.24) is 15.1 Å². The number of likely N-dealkylation sites (N-methyl/N-ethyl adjacent to an activating group) is 1. The van der Waals surface area contributed by atoms with Crippen molar-refractivity contribution in [3.05, 3.63) is 0 Å². The molecule has 0 aromatic heterocycles. The molecule has 2 saturated heterocycles. The van der Waals surface area contributed by atoms with E-state index in [1.54, 1.807) is 0 Å². The van der Waals surface area contributed by atoms with Crippen LogP contribution in [0.2, 0.25) is 0 Å². The highest BCUT2D eigenvalue weighted by Crippen LogP contribution is 2.05. The summed E-state index contributed by atoms with van der Waals surface area (Å²) in [5.74, 6) is 0.204. The molecule has 1 amide bonds. The van der Waals surface area contributed by atoms with Gasteiger partial charge in [-0.2, -0.15) is 0 Å². The Labute approximate surface area is 96.7 Å². The standard InChI is InChI=1S/C11H21N3O2/c1-2-13-4-6-14(7-5-13)11(15)10-9-16-8-3-12-10/h10,12H,2-9H2,1H3. The number of carbonyl (C=O) groups excluding carboxylic acids is 1. The van der Waals surface area contributed by atoms with E-state index in [1.807, 2.05) is 4.90 Å². The van der Waals surface area contributed by atoms with Crippen molar-refractivity contribution in [2.45, 2.75) is 13.0 Å². The number of nitrogens with zero attached hydrogens (tertiary/aromatic N) is 2. The van der Waals surface area contributed by atoms with Crippen LogP contribution in [-0.4, -0.2) is 74.2 Å². The van der Waals surface area contributed by atoms with Crippen molar-refractivity contribution >= 4 is 5.91 Å². The van der Waals surface area contributed by atoms with Gasteiger partial charge in [0.2, 0.25) is 5.91 Å². The van der Waals surface area contributed by atoms with E-state index in [0.717, 1.165) is 39.3 Å². The van der Waals surface area contributed by atoms with Gasteiger partial charge in [-0.3, -0.25) is 4.79 Å². The third-order valence-corrected chi connectivity index (χ3v) is 3.35. The third-order valence-electron chi connectivity index (χ3n) is 3.35. The molecule has 2 aliphatic heterocycles. The Morgan fingerprint density at radius 2 is 2.12 bits per heavy atom. The normalized spacial score (nSPS) is 28.1. The topological polar surface area (TPSA) is 44.8 Å². The summed E-state index contributed by atoms with van der Waals surface area (Å²) in [6.07, 6.45) is 0. The molecule has 92 valence electrons. The molecular formula is C11H21N3O2. The summed E-state index contributed by atoms with van der Waals surface area (Å²) in [5, 5.41) is 3.21. The van der Waals surface area contributed by atoms with E-state index in [9.17, 15) is 4.79 Å². The zero-order valence-corrected chi connectivity index (χ0v) is 9.95. The number of nitrogens with one attached hydrogen (secondary N) is 1. The van der Waals surface area contributed by atoms with Crippen LogP contribution in [0.5, 0.6) is 0 Å². The highest BCUT2D eigenvalue weighted by atomic mass is 16.5. The molecule has 16 heavy (non-hydrogen) atoms. The highest BCUT2D eigenvalue weighted by molar-refractivity contribution is 5.82. The van der Waals surface area contributed by atoms with Crippen molar-refractivity contribution in [2.24, 2.45) is 0 Å². The van der Waals surface area contributed by atoms with Crippen LogP contribution in [0.4, 0.5) is 0 Å². The number of hydrogen-bond acceptors (Lipinski definition) is 4. The summed E-state index contributed by atoms with van der Waals surface area (Å²) in [6.45, 7) is 8.95. The molecule has 0 aromatic rings. The average molecular weight is 227 g/mol. The Bertz CT molecular complexity index is 233. The van der Waals surface area contributed by atoms with Crippen LogP contribution in [0, 0.1) is 0 Å². The van der Waals surface area contributed by atoms with E-state index in [1.165, 1.54) is 0 Å². The maximum atomic E-state index is 12.1. The minimum Gasteiger partial charge on any atom is -0.378 e. The van der Waals surface area contributed by atoms with Gasteiger partial charge >= 0.3 is 0 Å². The first kappa shape index (κ1) is 11.8. The van der Waals surface area contributed by atoms with Crippen molar-refractivity contribution in [3.63, 3.8) is 0 Å². The number of hydrogen-bond donors (Lipinski definition) is 1. The summed E-state index contributed by atoms with van der Waals surface area (Å²) in [7, 11) is 0. The van der Waals surface area contributed by atoms with Gasteiger partial charge in [-0.15, -0.1) is 0 Å². The van der Waals surface area contributed by atoms with Crippen molar-refractivity contribution in [1.29, 1.82) is 0 Å². The zero-order valence-electron chi connectivity index (χ0n) is 9.95. The maximum absolute atomic E-state index is 12.1.